The predicted molar refractivity (Wildman–Crippen MR) is 308 cm³/mol. The monoisotopic (exact) mass is 1050 g/mol. The summed E-state index contributed by atoms with van der Waals surface area (Å²) in [5.74, 6) is -0.666. The van der Waals surface area contributed by atoms with Gasteiger partial charge in [-0.25, -0.2) is 0 Å². The maximum absolute atomic E-state index is 12.8. The third-order valence-corrected chi connectivity index (χ3v) is 15.2. The summed E-state index contributed by atoms with van der Waals surface area (Å²) in [5, 5.41) is 0. The molecule has 1 rings (SSSR count). The molecule has 0 aliphatic carbocycles. The first-order valence-electron chi connectivity index (χ1n) is 31.7. The van der Waals surface area contributed by atoms with E-state index in [1.54, 1.807) is 0 Å². The van der Waals surface area contributed by atoms with Crippen molar-refractivity contribution in [3.8, 4) is 0 Å². The van der Waals surface area contributed by atoms with Gasteiger partial charge in [0.1, 0.15) is 0 Å². The van der Waals surface area contributed by atoms with Crippen LogP contribution in [0.15, 0.2) is 0 Å². The molecule has 0 bridgehead atoms. The molecule has 0 radical (unpaired) electrons. The molecule has 0 unspecified atom stereocenters. The summed E-state index contributed by atoms with van der Waals surface area (Å²) in [5.41, 5.74) is 0. The van der Waals surface area contributed by atoms with E-state index >= 15 is 0 Å². The lowest BCUT2D eigenvalue weighted by atomic mass is 10.1. The second kappa shape index (κ2) is 54.1. The highest BCUT2D eigenvalue weighted by Gasteiger charge is 2.19. The van der Waals surface area contributed by atoms with Crippen molar-refractivity contribution in [2.45, 2.75) is 271 Å². The Morgan fingerprint density at radius 3 is 0.784 bits per heavy atom. The Balaban J connectivity index is 2.43. The highest BCUT2D eigenvalue weighted by molar-refractivity contribution is 5.70. The van der Waals surface area contributed by atoms with E-state index in [-0.39, 0.29) is 23.9 Å². The number of unbranched alkanes of at least 4 members (excludes halogenated alkanes) is 30. The Hall–Kier alpha value is -2.28. The van der Waals surface area contributed by atoms with Gasteiger partial charge in [-0.3, -0.25) is 19.2 Å². The SMILES string of the molecule is CCCCCCCCCCCCCOC(=O)CCN(CCCN1CCN(CCCN(CCC(=O)OCCCCCCCCCCCCC)CCC(=O)OCCCCCCCCCCCCC)CC1)CCC(=O)OC. The topological polar surface area (TPSA) is 118 Å². The quantitative estimate of drug-likeness (QED) is 0.0328. The van der Waals surface area contributed by atoms with Crippen molar-refractivity contribution in [3.05, 3.63) is 0 Å². The summed E-state index contributed by atoms with van der Waals surface area (Å²) < 4.78 is 21.8. The molecular weight excluding hydrogens is 929 g/mol. The van der Waals surface area contributed by atoms with Gasteiger partial charge in [0.05, 0.1) is 52.6 Å². The van der Waals surface area contributed by atoms with Crippen LogP contribution in [-0.4, -0.2) is 149 Å². The predicted octanol–water partition coefficient (Wildman–Crippen LogP) is 14.3. The van der Waals surface area contributed by atoms with Crippen LogP contribution in [0.2, 0.25) is 0 Å². The summed E-state index contributed by atoms with van der Waals surface area (Å²) in [4.78, 5) is 59.8. The van der Waals surface area contributed by atoms with Gasteiger partial charge in [0.15, 0.2) is 0 Å². The molecule has 1 saturated heterocycles. The molecule has 12 heteroatoms. The Kier molecular flexibility index (Phi) is 51.0. The van der Waals surface area contributed by atoms with Gasteiger partial charge in [0, 0.05) is 52.4 Å². The fraction of sp³-hybridized carbons (Fsp3) is 0.935. The Labute approximate surface area is 456 Å². The maximum atomic E-state index is 12.8. The first-order valence-corrected chi connectivity index (χ1v) is 31.7. The molecule has 0 saturated carbocycles. The Morgan fingerprint density at radius 2 is 0.541 bits per heavy atom. The van der Waals surface area contributed by atoms with Crippen LogP contribution in [0.3, 0.4) is 0 Å². The molecule has 0 aromatic heterocycles. The van der Waals surface area contributed by atoms with Crippen LogP contribution >= 0.6 is 0 Å². The fourth-order valence-electron chi connectivity index (χ4n) is 10.1. The number of rotatable bonds is 56. The van der Waals surface area contributed by atoms with E-state index in [0.717, 1.165) is 104 Å². The van der Waals surface area contributed by atoms with Gasteiger partial charge < -0.3 is 38.5 Å². The van der Waals surface area contributed by atoms with E-state index in [1.807, 2.05) is 0 Å². The minimum atomic E-state index is -0.228. The van der Waals surface area contributed by atoms with Crippen LogP contribution < -0.4 is 0 Å². The van der Waals surface area contributed by atoms with E-state index < -0.39 is 0 Å². The smallest absolute Gasteiger partial charge is 0.307 e. The molecule has 1 aliphatic rings. The van der Waals surface area contributed by atoms with Crippen molar-refractivity contribution in [3.63, 3.8) is 0 Å². The van der Waals surface area contributed by atoms with E-state index in [4.69, 9.17) is 18.9 Å². The number of esters is 4. The number of nitrogens with zero attached hydrogens (tertiary/aromatic N) is 4. The van der Waals surface area contributed by atoms with Gasteiger partial charge in [-0.05, 0) is 58.3 Å². The largest absolute Gasteiger partial charge is 0.469 e. The summed E-state index contributed by atoms with van der Waals surface area (Å²) in [6.07, 6.45) is 45.1. The second-order valence-corrected chi connectivity index (χ2v) is 21.9. The van der Waals surface area contributed by atoms with Crippen molar-refractivity contribution in [1.29, 1.82) is 0 Å². The third kappa shape index (κ3) is 47.0. The zero-order valence-electron chi connectivity index (χ0n) is 49.2. The summed E-state index contributed by atoms with van der Waals surface area (Å²) in [6, 6.07) is 0. The number of hydrogen-bond acceptors (Lipinski definition) is 12. The normalized spacial score (nSPS) is 13.3. The molecule has 1 fully saturated rings. The summed E-state index contributed by atoms with van der Waals surface area (Å²) in [6.45, 7) is 18.3. The zero-order valence-corrected chi connectivity index (χ0v) is 49.2. The fourth-order valence-corrected chi connectivity index (χ4v) is 10.1. The molecule has 0 amide bonds. The standard InChI is InChI=1S/C62H120N4O8/c1-5-8-11-14-17-20-23-26-29-32-35-56-72-60(68)41-49-63(48-40-59(67)71-4)44-38-46-65-52-54-66(55-53-65)47-39-45-64(50-42-61(69)73-57-36-33-30-27-24-21-18-15-12-9-6-2)51-43-62(70)74-58-37-34-31-28-25-22-19-16-13-10-7-3/h5-58H2,1-4H3. The van der Waals surface area contributed by atoms with E-state index in [1.165, 1.54) is 180 Å². The van der Waals surface area contributed by atoms with Crippen molar-refractivity contribution < 1.29 is 38.1 Å². The van der Waals surface area contributed by atoms with Crippen LogP contribution in [0.25, 0.3) is 0 Å². The van der Waals surface area contributed by atoms with E-state index in [2.05, 4.69) is 40.4 Å². The zero-order chi connectivity index (χ0) is 53.6. The van der Waals surface area contributed by atoms with Crippen LogP contribution in [0, 0.1) is 0 Å². The Bertz CT molecular complexity index is 1220. The molecular formula is C62H120N4O8. The maximum Gasteiger partial charge on any atom is 0.307 e. The average molecular weight is 1050 g/mol. The molecule has 0 aromatic carbocycles. The van der Waals surface area contributed by atoms with Gasteiger partial charge in [-0.1, -0.05) is 213 Å². The number of piperazine rings is 1. The number of hydrogen-bond donors (Lipinski definition) is 0. The minimum absolute atomic E-state index is 0.142. The molecule has 0 N–H and O–H groups in total. The minimum Gasteiger partial charge on any atom is -0.469 e. The van der Waals surface area contributed by atoms with Crippen molar-refractivity contribution >= 4 is 23.9 Å². The summed E-state index contributed by atoms with van der Waals surface area (Å²) >= 11 is 0. The number of carbonyl (C=O) groups excluding carboxylic acids is 4. The summed E-state index contributed by atoms with van der Waals surface area (Å²) in [7, 11) is 1.42. The molecule has 12 nitrogen and oxygen atoms in total. The number of methoxy groups -OCH3 is 1. The first-order chi connectivity index (χ1) is 36.3. The Morgan fingerprint density at radius 1 is 0.311 bits per heavy atom. The van der Waals surface area contributed by atoms with Gasteiger partial charge in [0.2, 0.25) is 0 Å². The average Bonchev–Trinajstić information content (AvgIpc) is 3.41. The van der Waals surface area contributed by atoms with Crippen LogP contribution in [0.1, 0.15) is 271 Å². The van der Waals surface area contributed by atoms with Gasteiger partial charge in [-0.2, -0.15) is 0 Å². The number of carbonyl (C=O) groups is 4. The van der Waals surface area contributed by atoms with E-state index in [0.29, 0.717) is 71.7 Å². The molecule has 0 atom stereocenters. The first kappa shape index (κ1) is 69.7. The molecule has 0 aromatic rings. The van der Waals surface area contributed by atoms with Gasteiger partial charge in [0.25, 0.3) is 0 Å². The molecule has 1 heterocycles. The van der Waals surface area contributed by atoms with Gasteiger partial charge >= 0.3 is 23.9 Å². The lowest BCUT2D eigenvalue weighted by Gasteiger charge is -2.35. The lowest BCUT2D eigenvalue weighted by molar-refractivity contribution is -0.145. The van der Waals surface area contributed by atoms with E-state index in [9.17, 15) is 19.2 Å². The van der Waals surface area contributed by atoms with Crippen LogP contribution in [-0.2, 0) is 38.1 Å². The number of ether oxygens (including phenoxy) is 4. The van der Waals surface area contributed by atoms with Crippen molar-refractivity contribution in [2.75, 3.05) is 105 Å². The molecule has 436 valence electrons. The highest BCUT2D eigenvalue weighted by atomic mass is 16.5. The molecule has 74 heavy (non-hydrogen) atoms. The van der Waals surface area contributed by atoms with Crippen molar-refractivity contribution in [1.82, 2.24) is 19.6 Å². The highest BCUT2D eigenvalue weighted by Crippen LogP contribution is 2.15. The second-order valence-electron chi connectivity index (χ2n) is 21.9. The van der Waals surface area contributed by atoms with Gasteiger partial charge in [-0.15, -0.1) is 0 Å². The van der Waals surface area contributed by atoms with Crippen LogP contribution in [0.4, 0.5) is 0 Å². The molecule has 0 spiro atoms. The molecule has 1 aliphatic heterocycles. The lowest BCUT2D eigenvalue weighted by Crippen LogP contribution is -2.47. The third-order valence-electron chi connectivity index (χ3n) is 15.2. The van der Waals surface area contributed by atoms with Crippen LogP contribution in [0.5, 0.6) is 0 Å². The van der Waals surface area contributed by atoms with Crippen molar-refractivity contribution in [2.24, 2.45) is 0 Å².